The summed E-state index contributed by atoms with van der Waals surface area (Å²) in [5, 5.41) is 5.52. The largest absolute Gasteiger partial charge is 0.350 e. The molecule has 2 saturated heterocycles. The maximum atomic E-state index is 13.9. The van der Waals surface area contributed by atoms with Crippen molar-refractivity contribution in [2.24, 2.45) is 0 Å². The summed E-state index contributed by atoms with van der Waals surface area (Å²) in [5.41, 5.74) is 0.375. The zero-order valence-corrected chi connectivity index (χ0v) is 16.9. The molecule has 2 amide bonds. The fourth-order valence-corrected chi connectivity index (χ4v) is 4.31. The molecule has 0 aliphatic carbocycles. The van der Waals surface area contributed by atoms with Crippen LogP contribution in [0.25, 0.3) is 0 Å². The summed E-state index contributed by atoms with van der Waals surface area (Å²) in [6.07, 6.45) is 5.77. The Balaban J connectivity index is 1.70. The first-order chi connectivity index (χ1) is 13.4. The first kappa shape index (κ1) is 20.7. The van der Waals surface area contributed by atoms with Crippen molar-refractivity contribution in [3.63, 3.8) is 0 Å². The molecule has 2 aliphatic heterocycles. The average molecular weight is 391 g/mol. The van der Waals surface area contributed by atoms with Gasteiger partial charge in [-0.2, -0.15) is 0 Å². The zero-order valence-electron chi connectivity index (χ0n) is 16.9. The Bertz CT molecular complexity index is 710. The fourth-order valence-electron chi connectivity index (χ4n) is 4.31. The highest BCUT2D eigenvalue weighted by molar-refractivity contribution is 5.96. The number of halogens is 1. The van der Waals surface area contributed by atoms with Crippen LogP contribution in [-0.2, 0) is 4.79 Å². The highest BCUT2D eigenvalue weighted by atomic mass is 19.1. The van der Waals surface area contributed by atoms with Crippen molar-refractivity contribution in [2.45, 2.75) is 44.6 Å². The predicted octanol–water partition coefficient (Wildman–Crippen LogP) is 2.46. The minimum atomic E-state index is -0.549. The molecule has 0 saturated carbocycles. The van der Waals surface area contributed by atoms with E-state index in [9.17, 15) is 14.0 Å². The van der Waals surface area contributed by atoms with Crippen LogP contribution in [0.5, 0.6) is 0 Å². The molecule has 0 aromatic heterocycles. The number of carbonyl (C=O) groups excluding carboxylic acids is 2. The third kappa shape index (κ3) is 4.89. The van der Waals surface area contributed by atoms with Crippen molar-refractivity contribution in [1.29, 1.82) is 0 Å². The van der Waals surface area contributed by atoms with Gasteiger partial charge >= 0.3 is 0 Å². The number of nitrogens with one attached hydrogen (secondary N) is 2. The molecule has 6 nitrogen and oxygen atoms in total. The molecule has 0 radical (unpaired) electrons. The second-order valence-corrected chi connectivity index (χ2v) is 8.13. The van der Waals surface area contributed by atoms with Crippen LogP contribution >= 0.6 is 0 Å². The van der Waals surface area contributed by atoms with Gasteiger partial charge in [-0.25, -0.2) is 4.39 Å². The smallest absolute Gasteiger partial charge is 0.251 e. The minimum absolute atomic E-state index is 0.0108. The molecule has 0 spiro atoms. The minimum Gasteiger partial charge on any atom is -0.350 e. The molecule has 1 aromatic carbocycles. The van der Waals surface area contributed by atoms with Crippen LogP contribution in [0.1, 0.15) is 49.4 Å². The summed E-state index contributed by atoms with van der Waals surface area (Å²) in [6.45, 7) is 6.12. The van der Waals surface area contributed by atoms with E-state index in [0.717, 1.165) is 39.0 Å². The third-order valence-corrected chi connectivity index (χ3v) is 6.06. The van der Waals surface area contributed by atoms with E-state index in [2.05, 4.69) is 27.5 Å². The number of hydrogen-bond acceptors (Lipinski definition) is 4. The molecule has 7 heteroatoms. The van der Waals surface area contributed by atoms with Crippen molar-refractivity contribution in [3.05, 3.63) is 29.6 Å². The van der Waals surface area contributed by atoms with E-state index >= 15 is 0 Å². The maximum Gasteiger partial charge on any atom is 0.251 e. The van der Waals surface area contributed by atoms with Gasteiger partial charge in [-0.15, -0.1) is 0 Å². The van der Waals surface area contributed by atoms with Gasteiger partial charge in [0.1, 0.15) is 5.82 Å². The lowest BCUT2D eigenvalue weighted by atomic mass is 9.84. The van der Waals surface area contributed by atoms with Gasteiger partial charge < -0.3 is 15.5 Å². The molecule has 2 N–H and O–H groups in total. The molecule has 1 aromatic rings. The normalized spacial score (nSPS) is 20.5. The molecule has 3 rings (SSSR count). The van der Waals surface area contributed by atoms with Crippen LogP contribution in [0, 0.1) is 5.82 Å². The van der Waals surface area contributed by atoms with Gasteiger partial charge in [0.15, 0.2) is 0 Å². The molecule has 28 heavy (non-hydrogen) atoms. The zero-order chi connectivity index (χ0) is 20.1. The van der Waals surface area contributed by atoms with Gasteiger partial charge in [0.25, 0.3) is 5.91 Å². The molecule has 0 atom stereocenters. The predicted molar refractivity (Wildman–Crippen MR) is 108 cm³/mol. The van der Waals surface area contributed by atoms with Crippen molar-refractivity contribution in [2.75, 3.05) is 45.1 Å². The standard InChI is InChI=1S/C21H31FN4O2/c1-16(27)24-19-14-17(6-7-18(19)22)20(28)23-15-21(8-12-25(2)13-9-21)26-10-4-3-5-11-26/h6-7,14H,3-5,8-13,15H2,1-2H3,(H,23,28)(H,24,27). The highest BCUT2D eigenvalue weighted by Crippen LogP contribution is 2.31. The second kappa shape index (κ2) is 9.01. The number of hydrogen-bond donors (Lipinski definition) is 2. The van der Waals surface area contributed by atoms with Crippen LogP contribution in [-0.4, -0.2) is 66.9 Å². The summed E-state index contributed by atoms with van der Waals surface area (Å²) in [7, 11) is 2.14. The molecular weight excluding hydrogens is 359 g/mol. The van der Waals surface area contributed by atoms with Gasteiger partial charge in [0, 0.05) is 24.6 Å². The second-order valence-electron chi connectivity index (χ2n) is 8.13. The van der Waals surface area contributed by atoms with E-state index in [-0.39, 0.29) is 23.0 Å². The molecule has 0 unspecified atom stereocenters. The molecular formula is C21H31FN4O2. The number of anilines is 1. The quantitative estimate of drug-likeness (QED) is 0.811. The van der Waals surface area contributed by atoms with E-state index in [1.165, 1.54) is 44.4 Å². The summed E-state index contributed by atoms with van der Waals surface area (Å²) < 4.78 is 13.9. The van der Waals surface area contributed by atoms with Gasteiger partial charge in [-0.3, -0.25) is 14.5 Å². The van der Waals surface area contributed by atoms with Crippen LogP contribution in [0.3, 0.4) is 0 Å². The maximum absolute atomic E-state index is 13.9. The van der Waals surface area contributed by atoms with Crippen molar-refractivity contribution < 1.29 is 14.0 Å². The Morgan fingerprint density at radius 1 is 1.11 bits per heavy atom. The summed E-state index contributed by atoms with van der Waals surface area (Å²) in [4.78, 5) is 28.9. The lowest BCUT2D eigenvalue weighted by molar-refractivity contribution is -0.114. The van der Waals surface area contributed by atoms with Crippen molar-refractivity contribution in [1.82, 2.24) is 15.1 Å². The Kier molecular flexibility index (Phi) is 6.67. The van der Waals surface area contributed by atoms with Crippen molar-refractivity contribution >= 4 is 17.5 Å². The van der Waals surface area contributed by atoms with Gasteiger partial charge in [-0.1, -0.05) is 6.42 Å². The van der Waals surface area contributed by atoms with Crippen molar-refractivity contribution in [3.8, 4) is 0 Å². The molecule has 154 valence electrons. The molecule has 2 heterocycles. The lowest BCUT2D eigenvalue weighted by Crippen LogP contribution is -2.61. The van der Waals surface area contributed by atoms with Crippen LogP contribution in [0.2, 0.25) is 0 Å². The summed E-state index contributed by atoms with van der Waals surface area (Å²) >= 11 is 0. The SMILES string of the molecule is CC(=O)Nc1cc(C(=O)NCC2(N3CCCCC3)CCN(C)CC2)ccc1F. The average Bonchev–Trinajstić information content (AvgIpc) is 2.69. The Labute approximate surface area is 166 Å². The van der Waals surface area contributed by atoms with E-state index in [1.54, 1.807) is 0 Å². The summed E-state index contributed by atoms with van der Waals surface area (Å²) in [5.74, 6) is -1.15. The third-order valence-electron chi connectivity index (χ3n) is 6.06. The number of amides is 2. The van der Waals surface area contributed by atoms with Crippen LogP contribution < -0.4 is 10.6 Å². The highest BCUT2D eigenvalue weighted by Gasteiger charge is 2.39. The number of likely N-dealkylation sites (tertiary alicyclic amines) is 2. The van der Waals surface area contributed by atoms with Crippen LogP contribution in [0.15, 0.2) is 18.2 Å². The Morgan fingerprint density at radius 2 is 1.79 bits per heavy atom. The lowest BCUT2D eigenvalue weighted by Gasteiger charge is -2.50. The van der Waals surface area contributed by atoms with Gasteiger partial charge in [0.2, 0.25) is 5.91 Å². The van der Waals surface area contributed by atoms with Crippen LogP contribution in [0.4, 0.5) is 10.1 Å². The molecule has 2 fully saturated rings. The number of piperidine rings is 2. The number of carbonyl (C=O) groups is 2. The van der Waals surface area contributed by atoms with E-state index in [4.69, 9.17) is 0 Å². The topological polar surface area (TPSA) is 64.7 Å². The molecule has 0 bridgehead atoms. The number of rotatable bonds is 5. The van der Waals surface area contributed by atoms with Gasteiger partial charge in [-0.05, 0) is 77.1 Å². The monoisotopic (exact) mass is 390 g/mol. The van der Waals surface area contributed by atoms with Gasteiger partial charge in [0.05, 0.1) is 5.69 Å². The van der Waals surface area contributed by atoms with E-state index in [1.807, 2.05) is 0 Å². The Hall–Kier alpha value is -1.99. The van der Waals surface area contributed by atoms with E-state index in [0.29, 0.717) is 12.1 Å². The Morgan fingerprint density at radius 3 is 2.43 bits per heavy atom. The first-order valence-corrected chi connectivity index (χ1v) is 10.2. The number of nitrogens with zero attached hydrogens (tertiary/aromatic N) is 2. The molecule has 2 aliphatic rings. The summed E-state index contributed by atoms with van der Waals surface area (Å²) in [6, 6.07) is 4.07. The first-order valence-electron chi connectivity index (χ1n) is 10.2. The number of benzene rings is 1. The van der Waals surface area contributed by atoms with E-state index < -0.39 is 5.82 Å². The fraction of sp³-hybridized carbons (Fsp3) is 0.619.